The van der Waals surface area contributed by atoms with Crippen LogP contribution in [0.5, 0.6) is 0 Å². The van der Waals surface area contributed by atoms with E-state index in [1.807, 2.05) is 24.3 Å². The van der Waals surface area contributed by atoms with Gasteiger partial charge in [0.2, 0.25) is 0 Å². The SMILES string of the molecule is C#Cc1cccc2ccnc(Cl)c12. The number of fused-ring (bicyclic) bond motifs is 1. The number of pyridine rings is 1. The molecule has 62 valence electrons. The summed E-state index contributed by atoms with van der Waals surface area (Å²) in [7, 11) is 0. The molecule has 1 nitrogen and oxygen atoms in total. The van der Waals surface area contributed by atoms with Crippen LogP contribution in [0.25, 0.3) is 10.8 Å². The summed E-state index contributed by atoms with van der Waals surface area (Å²) in [6, 6.07) is 7.62. The second-order valence-corrected chi connectivity index (χ2v) is 3.01. The monoisotopic (exact) mass is 187 g/mol. The van der Waals surface area contributed by atoms with Crippen LogP contribution in [0.15, 0.2) is 30.5 Å². The van der Waals surface area contributed by atoms with Crippen LogP contribution in [0.1, 0.15) is 5.56 Å². The second-order valence-electron chi connectivity index (χ2n) is 2.65. The summed E-state index contributed by atoms with van der Waals surface area (Å²) >= 11 is 5.93. The minimum absolute atomic E-state index is 0.464. The van der Waals surface area contributed by atoms with Crippen LogP contribution in [0.2, 0.25) is 5.15 Å². The first-order chi connectivity index (χ1) is 6.33. The maximum absolute atomic E-state index is 5.93. The van der Waals surface area contributed by atoms with Gasteiger partial charge < -0.3 is 0 Å². The van der Waals surface area contributed by atoms with E-state index < -0.39 is 0 Å². The van der Waals surface area contributed by atoms with E-state index in [0.717, 1.165) is 16.3 Å². The molecule has 2 aromatic rings. The smallest absolute Gasteiger partial charge is 0.138 e. The molecule has 13 heavy (non-hydrogen) atoms. The highest BCUT2D eigenvalue weighted by Crippen LogP contribution is 2.23. The predicted molar refractivity (Wildman–Crippen MR) is 54.7 cm³/mol. The van der Waals surface area contributed by atoms with Gasteiger partial charge in [0, 0.05) is 17.1 Å². The number of hydrogen-bond donors (Lipinski definition) is 0. The Bertz CT molecular complexity index is 492. The van der Waals surface area contributed by atoms with Crippen LogP contribution in [0.3, 0.4) is 0 Å². The van der Waals surface area contributed by atoms with E-state index in [1.165, 1.54) is 0 Å². The van der Waals surface area contributed by atoms with Crippen molar-refractivity contribution in [2.45, 2.75) is 0 Å². The average Bonchev–Trinajstić information content (AvgIpc) is 2.17. The normalized spacial score (nSPS) is 9.85. The third-order valence-electron chi connectivity index (χ3n) is 1.90. The molecule has 2 rings (SSSR count). The highest BCUT2D eigenvalue weighted by molar-refractivity contribution is 6.34. The minimum Gasteiger partial charge on any atom is -0.244 e. The first kappa shape index (κ1) is 8.10. The Labute approximate surface area is 81.4 Å². The van der Waals surface area contributed by atoms with Crippen molar-refractivity contribution in [3.05, 3.63) is 41.2 Å². The topological polar surface area (TPSA) is 12.9 Å². The Morgan fingerprint density at radius 1 is 1.31 bits per heavy atom. The first-order valence-electron chi connectivity index (χ1n) is 3.83. The molecule has 2 heteroatoms. The number of benzene rings is 1. The molecule has 0 aliphatic heterocycles. The third kappa shape index (κ3) is 1.26. The highest BCUT2D eigenvalue weighted by Gasteiger charge is 2.02. The van der Waals surface area contributed by atoms with Gasteiger partial charge in [-0.15, -0.1) is 6.42 Å². The molecular formula is C11H6ClN. The van der Waals surface area contributed by atoms with Crippen molar-refractivity contribution in [3.8, 4) is 12.3 Å². The average molecular weight is 188 g/mol. The fourth-order valence-corrected chi connectivity index (χ4v) is 1.57. The fourth-order valence-electron chi connectivity index (χ4n) is 1.31. The first-order valence-corrected chi connectivity index (χ1v) is 4.20. The molecule has 0 saturated heterocycles. The molecule has 0 aliphatic carbocycles. The van der Waals surface area contributed by atoms with Gasteiger partial charge >= 0.3 is 0 Å². The molecule has 0 radical (unpaired) electrons. The van der Waals surface area contributed by atoms with E-state index in [4.69, 9.17) is 18.0 Å². The Morgan fingerprint density at radius 2 is 2.15 bits per heavy atom. The van der Waals surface area contributed by atoms with E-state index in [1.54, 1.807) is 6.20 Å². The van der Waals surface area contributed by atoms with Crippen molar-refractivity contribution in [2.75, 3.05) is 0 Å². The number of nitrogens with zero attached hydrogens (tertiary/aromatic N) is 1. The van der Waals surface area contributed by atoms with Crippen molar-refractivity contribution in [2.24, 2.45) is 0 Å². The van der Waals surface area contributed by atoms with Gasteiger partial charge in [-0.25, -0.2) is 4.98 Å². The van der Waals surface area contributed by atoms with Gasteiger partial charge in [0.1, 0.15) is 5.15 Å². The van der Waals surface area contributed by atoms with Crippen molar-refractivity contribution in [3.63, 3.8) is 0 Å². The van der Waals surface area contributed by atoms with Crippen molar-refractivity contribution in [1.29, 1.82) is 0 Å². The van der Waals surface area contributed by atoms with Gasteiger partial charge in [-0.2, -0.15) is 0 Å². The van der Waals surface area contributed by atoms with Gasteiger partial charge in [0.25, 0.3) is 0 Å². The van der Waals surface area contributed by atoms with Crippen molar-refractivity contribution < 1.29 is 0 Å². The molecule has 0 bridgehead atoms. The molecule has 0 N–H and O–H groups in total. The third-order valence-corrected chi connectivity index (χ3v) is 2.19. The number of aromatic nitrogens is 1. The van der Waals surface area contributed by atoms with Crippen LogP contribution in [0, 0.1) is 12.3 Å². The number of rotatable bonds is 0. The van der Waals surface area contributed by atoms with Crippen LogP contribution >= 0.6 is 11.6 Å². The quantitative estimate of drug-likeness (QED) is 0.457. The summed E-state index contributed by atoms with van der Waals surface area (Å²) < 4.78 is 0. The summed E-state index contributed by atoms with van der Waals surface area (Å²) in [6.45, 7) is 0. The molecule has 1 heterocycles. The van der Waals surface area contributed by atoms with Crippen LogP contribution < -0.4 is 0 Å². The standard InChI is InChI=1S/C11H6ClN/c1-2-8-4-3-5-9-6-7-13-11(12)10(8)9/h1,3-7H. The second kappa shape index (κ2) is 3.08. The predicted octanol–water partition coefficient (Wildman–Crippen LogP) is 2.87. The highest BCUT2D eigenvalue weighted by atomic mass is 35.5. The molecule has 0 unspecified atom stereocenters. The van der Waals surface area contributed by atoms with Crippen LogP contribution in [-0.2, 0) is 0 Å². The summed E-state index contributed by atoms with van der Waals surface area (Å²) in [5, 5.41) is 2.34. The number of terminal acetylenes is 1. The molecule has 0 atom stereocenters. The van der Waals surface area contributed by atoms with Gasteiger partial charge in [-0.3, -0.25) is 0 Å². The zero-order valence-corrected chi connectivity index (χ0v) is 7.55. The lowest BCUT2D eigenvalue weighted by Crippen LogP contribution is -1.82. The van der Waals surface area contributed by atoms with Gasteiger partial charge in [0.15, 0.2) is 0 Å². The maximum atomic E-state index is 5.93. The van der Waals surface area contributed by atoms with Gasteiger partial charge in [-0.1, -0.05) is 29.7 Å². The zero-order valence-electron chi connectivity index (χ0n) is 6.79. The number of halogens is 1. The van der Waals surface area contributed by atoms with Crippen molar-refractivity contribution in [1.82, 2.24) is 4.98 Å². The van der Waals surface area contributed by atoms with E-state index in [2.05, 4.69) is 10.9 Å². The minimum atomic E-state index is 0.464. The number of hydrogen-bond acceptors (Lipinski definition) is 1. The molecule has 0 saturated carbocycles. The van der Waals surface area contributed by atoms with Crippen LogP contribution in [-0.4, -0.2) is 4.98 Å². The lowest BCUT2D eigenvalue weighted by Gasteiger charge is -2.01. The van der Waals surface area contributed by atoms with Gasteiger partial charge in [0.05, 0.1) is 0 Å². The van der Waals surface area contributed by atoms with E-state index >= 15 is 0 Å². The Morgan fingerprint density at radius 3 is 2.92 bits per heavy atom. The molecule has 1 aromatic carbocycles. The maximum Gasteiger partial charge on any atom is 0.138 e. The molecule has 0 fully saturated rings. The lowest BCUT2D eigenvalue weighted by molar-refractivity contribution is 1.36. The summed E-state index contributed by atoms with van der Waals surface area (Å²) in [5.41, 5.74) is 0.788. The molecular weight excluding hydrogens is 182 g/mol. The lowest BCUT2D eigenvalue weighted by atomic mass is 10.1. The van der Waals surface area contributed by atoms with Crippen molar-refractivity contribution >= 4 is 22.4 Å². The summed E-state index contributed by atoms with van der Waals surface area (Å²) in [5.74, 6) is 2.59. The largest absolute Gasteiger partial charge is 0.244 e. The summed E-state index contributed by atoms with van der Waals surface area (Å²) in [4.78, 5) is 3.99. The van der Waals surface area contributed by atoms with Crippen LogP contribution in [0.4, 0.5) is 0 Å². The Hall–Kier alpha value is -1.52. The molecule has 0 aliphatic rings. The molecule has 1 aromatic heterocycles. The fraction of sp³-hybridized carbons (Fsp3) is 0. The van der Waals surface area contributed by atoms with E-state index in [9.17, 15) is 0 Å². The Balaban J connectivity index is 2.97. The zero-order chi connectivity index (χ0) is 9.26. The van der Waals surface area contributed by atoms with E-state index in [-0.39, 0.29) is 0 Å². The Kier molecular flexibility index (Phi) is 1.92. The van der Waals surface area contributed by atoms with Gasteiger partial charge in [-0.05, 0) is 17.5 Å². The molecule has 0 amide bonds. The summed E-state index contributed by atoms with van der Waals surface area (Å²) in [6.07, 6.45) is 7.02. The molecule has 0 spiro atoms. The van der Waals surface area contributed by atoms with E-state index in [0.29, 0.717) is 5.15 Å².